The molecule has 1 unspecified atom stereocenters. The van der Waals surface area contributed by atoms with Gasteiger partial charge in [-0.2, -0.15) is 13.2 Å². The lowest BCUT2D eigenvalue weighted by molar-refractivity contribution is -0.249. The topological polar surface area (TPSA) is 33.1 Å². The predicted octanol–water partition coefficient (Wildman–Crippen LogP) is 4.03. The highest BCUT2D eigenvalue weighted by atomic mass is 19.4. The van der Waals surface area contributed by atoms with Gasteiger partial charge in [-0.3, -0.25) is 4.98 Å². The van der Waals surface area contributed by atoms with Crippen LogP contribution in [0, 0.1) is 0 Å². The molecule has 0 saturated heterocycles. The molecule has 112 valence electrons. The molecule has 0 radical (unpaired) electrons. The van der Waals surface area contributed by atoms with Gasteiger partial charge in [-0.25, -0.2) is 0 Å². The highest BCUT2D eigenvalue weighted by Crippen LogP contribution is 2.45. The van der Waals surface area contributed by atoms with Gasteiger partial charge in [-0.1, -0.05) is 54.6 Å². The number of fused-ring (bicyclic) bond motifs is 1. The van der Waals surface area contributed by atoms with Crippen molar-refractivity contribution in [3.63, 3.8) is 0 Å². The fraction of sp³-hybridized carbons (Fsp3) is 0.118. The molecule has 1 atom stereocenters. The first-order chi connectivity index (χ1) is 10.4. The molecule has 0 bridgehead atoms. The Morgan fingerprint density at radius 1 is 0.818 bits per heavy atom. The molecule has 3 rings (SSSR count). The number of nitrogens with zero attached hydrogens (tertiary/aromatic N) is 1. The first-order valence-electron chi connectivity index (χ1n) is 6.63. The largest absolute Gasteiger partial charge is 0.427 e. The first kappa shape index (κ1) is 14.5. The van der Waals surface area contributed by atoms with Crippen LogP contribution in [0.1, 0.15) is 11.3 Å². The smallest absolute Gasteiger partial charge is 0.371 e. The summed E-state index contributed by atoms with van der Waals surface area (Å²) in [5.74, 6) is 0. The minimum absolute atomic E-state index is 0.258. The maximum absolute atomic E-state index is 13.7. The zero-order valence-corrected chi connectivity index (χ0v) is 11.4. The number of hydrogen-bond donors (Lipinski definition) is 1. The van der Waals surface area contributed by atoms with Crippen LogP contribution in [0.3, 0.4) is 0 Å². The second-order valence-electron chi connectivity index (χ2n) is 4.95. The second-order valence-corrected chi connectivity index (χ2v) is 4.95. The molecule has 3 aromatic rings. The Labute approximate surface area is 124 Å². The van der Waals surface area contributed by atoms with Gasteiger partial charge in [-0.05, 0) is 17.0 Å². The van der Waals surface area contributed by atoms with E-state index in [1.54, 1.807) is 30.3 Å². The van der Waals surface area contributed by atoms with E-state index in [1.807, 2.05) is 0 Å². The molecule has 5 heteroatoms. The van der Waals surface area contributed by atoms with E-state index in [4.69, 9.17) is 0 Å². The number of halogens is 3. The van der Waals surface area contributed by atoms with Crippen LogP contribution in [-0.2, 0) is 5.60 Å². The summed E-state index contributed by atoms with van der Waals surface area (Å²) in [6.07, 6.45) is -3.62. The lowest BCUT2D eigenvalue weighted by Crippen LogP contribution is -2.44. The first-order valence-corrected chi connectivity index (χ1v) is 6.63. The third-order valence-electron chi connectivity index (χ3n) is 3.62. The van der Waals surface area contributed by atoms with E-state index in [9.17, 15) is 18.3 Å². The van der Waals surface area contributed by atoms with Gasteiger partial charge in [0.15, 0.2) is 0 Å². The Kier molecular flexibility index (Phi) is 3.37. The molecule has 0 fully saturated rings. The third kappa shape index (κ3) is 2.14. The Balaban J connectivity index is 2.36. The molecule has 22 heavy (non-hydrogen) atoms. The van der Waals surface area contributed by atoms with Gasteiger partial charge in [0.1, 0.15) is 0 Å². The molecule has 1 heterocycles. The fourth-order valence-corrected chi connectivity index (χ4v) is 2.52. The van der Waals surface area contributed by atoms with E-state index >= 15 is 0 Å². The van der Waals surface area contributed by atoms with Crippen LogP contribution in [-0.4, -0.2) is 16.3 Å². The fourth-order valence-electron chi connectivity index (χ4n) is 2.52. The Hall–Kier alpha value is -2.40. The van der Waals surface area contributed by atoms with Crippen LogP contribution in [0.25, 0.3) is 10.8 Å². The van der Waals surface area contributed by atoms with E-state index in [0.717, 1.165) is 0 Å². The Morgan fingerprint density at radius 2 is 1.45 bits per heavy atom. The molecule has 0 spiro atoms. The Morgan fingerprint density at radius 3 is 2.14 bits per heavy atom. The minimum atomic E-state index is -4.90. The van der Waals surface area contributed by atoms with E-state index < -0.39 is 17.5 Å². The summed E-state index contributed by atoms with van der Waals surface area (Å²) in [4.78, 5) is 3.85. The van der Waals surface area contributed by atoms with Gasteiger partial charge in [0.05, 0.1) is 5.69 Å². The number of aromatic nitrogens is 1. The minimum Gasteiger partial charge on any atom is -0.371 e. The number of aliphatic hydroxyl groups is 1. The maximum atomic E-state index is 13.7. The average molecular weight is 303 g/mol. The number of benzene rings is 2. The van der Waals surface area contributed by atoms with Crippen molar-refractivity contribution < 1.29 is 18.3 Å². The van der Waals surface area contributed by atoms with Gasteiger partial charge >= 0.3 is 6.18 Å². The van der Waals surface area contributed by atoms with Crippen molar-refractivity contribution >= 4 is 10.8 Å². The van der Waals surface area contributed by atoms with Gasteiger partial charge in [0.2, 0.25) is 5.60 Å². The van der Waals surface area contributed by atoms with Crippen LogP contribution in [0.4, 0.5) is 13.2 Å². The zero-order valence-electron chi connectivity index (χ0n) is 11.4. The van der Waals surface area contributed by atoms with E-state index in [-0.39, 0.29) is 10.9 Å². The molecule has 0 aliphatic rings. The molecular formula is C17H12F3NO. The lowest BCUT2D eigenvalue weighted by Gasteiger charge is -2.31. The summed E-state index contributed by atoms with van der Waals surface area (Å²) in [6.45, 7) is 0. The van der Waals surface area contributed by atoms with Gasteiger partial charge in [-0.15, -0.1) is 0 Å². The standard InChI is InChI=1S/C17H12F3NO/c18-17(19,20)16(22,13-7-2-1-3-8-13)15-14-9-5-4-6-12(14)10-11-21-15/h1-11,22H. The summed E-state index contributed by atoms with van der Waals surface area (Å²) >= 11 is 0. The average Bonchev–Trinajstić information content (AvgIpc) is 2.53. The van der Waals surface area contributed by atoms with E-state index in [1.165, 1.54) is 36.5 Å². The Bertz CT molecular complexity index is 796. The zero-order chi connectivity index (χ0) is 15.8. The highest BCUT2D eigenvalue weighted by molar-refractivity contribution is 5.85. The molecule has 0 amide bonds. The van der Waals surface area contributed by atoms with Crippen molar-refractivity contribution in [2.24, 2.45) is 0 Å². The van der Waals surface area contributed by atoms with Crippen molar-refractivity contribution in [1.82, 2.24) is 4.98 Å². The van der Waals surface area contributed by atoms with Crippen molar-refractivity contribution in [2.75, 3.05) is 0 Å². The van der Waals surface area contributed by atoms with Crippen LogP contribution in [0.5, 0.6) is 0 Å². The highest BCUT2D eigenvalue weighted by Gasteiger charge is 2.57. The molecule has 1 N–H and O–H groups in total. The molecule has 2 nitrogen and oxygen atoms in total. The van der Waals surface area contributed by atoms with Crippen LogP contribution in [0.15, 0.2) is 66.9 Å². The van der Waals surface area contributed by atoms with E-state index in [0.29, 0.717) is 5.39 Å². The summed E-state index contributed by atoms with van der Waals surface area (Å²) < 4.78 is 41.1. The quantitative estimate of drug-likeness (QED) is 0.775. The SMILES string of the molecule is OC(c1ccccc1)(c1nccc2ccccc12)C(F)(F)F. The molecule has 0 saturated carbocycles. The summed E-state index contributed by atoms with van der Waals surface area (Å²) in [5, 5.41) is 11.5. The van der Waals surface area contributed by atoms with Gasteiger partial charge in [0.25, 0.3) is 0 Å². The third-order valence-corrected chi connectivity index (χ3v) is 3.62. The molecule has 1 aromatic heterocycles. The molecule has 2 aromatic carbocycles. The van der Waals surface area contributed by atoms with Crippen LogP contribution in [0.2, 0.25) is 0 Å². The van der Waals surface area contributed by atoms with Crippen molar-refractivity contribution in [3.05, 3.63) is 78.1 Å². The van der Waals surface area contributed by atoms with Crippen molar-refractivity contribution in [3.8, 4) is 0 Å². The van der Waals surface area contributed by atoms with Crippen LogP contribution >= 0.6 is 0 Å². The monoisotopic (exact) mass is 303 g/mol. The normalized spacial score (nSPS) is 14.7. The van der Waals surface area contributed by atoms with Gasteiger partial charge < -0.3 is 5.11 Å². The predicted molar refractivity (Wildman–Crippen MR) is 77.2 cm³/mol. The van der Waals surface area contributed by atoms with Gasteiger partial charge in [0, 0.05) is 11.6 Å². The van der Waals surface area contributed by atoms with Crippen LogP contribution < -0.4 is 0 Å². The van der Waals surface area contributed by atoms with Crippen molar-refractivity contribution in [1.29, 1.82) is 0 Å². The summed E-state index contributed by atoms with van der Waals surface area (Å²) in [5.41, 5.74) is -3.83. The number of pyridine rings is 1. The second kappa shape index (κ2) is 5.10. The number of alkyl halides is 3. The summed E-state index contributed by atoms with van der Waals surface area (Å²) in [7, 11) is 0. The molecule has 0 aliphatic carbocycles. The molecular weight excluding hydrogens is 291 g/mol. The number of hydrogen-bond acceptors (Lipinski definition) is 2. The van der Waals surface area contributed by atoms with Crippen molar-refractivity contribution in [2.45, 2.75) is 11.8 Å². The maximum Gasteiger partial charge on any atom is 0.427 e. The lowest BCUT2D eigenvalue weighted by atomic mass is 9.86. The molecule has 0 aliphatic heterocycles. The van der Waals surface area contributed by atoms with E-state index in [2.05, 4.69) is 4.98 Å². The number of rotatable bonds is 2. The summed E-state index contributed by atoms with van der Waals surface area (Å²) in [6, 6.07) is 15.2.